The van der Waals surface area contributed by atoms with Gasteiger partial charge in [-0.1, -0.05) is 18.2 Å². The second kappa shape index (κ2) is 6.97. The molecule has 0 amide bonds. The maximum atomic E-state index is 13.6. The number of halogens is 1. The highest BCUT2D eigenvalue weighted by Crippen LogP contribution is 2.12. The molecular weight excluding hydrogens is 241 g/mol. The third-order valence-electron chi connectivity index (χ3n) is 3.19. The monoisotopic (exact) mass is 259 g/mol. The van der Waals surface area contributed by atoms with Gasteiger partial charge in [-0.3, -0.25) is 16.3 Å². The van der Waals surface area contributed by atoms with E-state index in [1.54, 1.807) is 24.5 Å². The summed E-state index contributed by atoms with van der Waals surface area (Å²) < 4.78 is 13.6. The Balaban J connectivity index is 1.92. The second-order valence-corrected chi connectivity index (χ2v) is 4.55. The molecule has 2 rings (SSSR count). The van der Waals surface area contributed by atoms with Crippen LogP contribution in [-0.2, 0) is 12.8 Å². The van der Waals surface area contributed by atoms with E-state index in [0.29, 0.717) is 12.0 Å². The Morgan fingerprint density at radius 2 is 1.89 bits per heavy atom. The lowest BCUT2D eigenvalue weighted by molar-refractivity contribution is 0.480. The topological polar surface area (TPSA) is 50.9 Å². The zero-order chi connectivity index (χ0) is 13.5. The van der Waals surface area contributed by atoms with Crippen molar-refractivity contribution in [2.24, 2.45) is 5.84 Å². The number of nitrogens with one attached hydrogen (secondary N) is 1. The van der Waals surface area contributed by atoms with Gasteiger partial charge in [0.2, 0.25) is 0 Å². The molecule has 4 heteroatoms. The highest BCUT2D eigenvalue weighted by molar-refractivity contribution is 5.18. The smallest absolute Gasteiger partial charge is 0.126 e. The number of rotatable bonds is 6. The fraction of sp³-hybridized carbons (Fsp3) is 0.267. The van der Waals surface area contributed by atoms with E-state index in [1.807, 2.05) is 18.2 Å². The third-order valence-corrected chi connectivity index (χ3v) is 3.19. The Bertz CT molecular complexity index is 502. The molecule has 0 aliphatic rings. The molecule has 3 N–H and O–H groups in total. The average molecular weight is 259 g/mol. The van der Waals surface area contributed by atoms with Gasteiger partial charge in [0.05, 0.1) is 0 Å². The molecule has 1 unspecified atom stereocenters. The summed E-state index contributed by atoms with van der Waals surface area (Å²) in [4.78, 5) is 3.98. The zero-order valence-electron chi connectivity index (χ0n) is 10.7. The molecule has 0 saturated heterocycles. The summed E-state index contributed by atoms with van der Waals surface area (Å²) in [6.45, 7) is 0. The summed E-state index contributed by atoms with van der Waals surface area (Å²) in [6, 6.07) is 10.8. The lowest BCUT2D eigenvalue weighted by Crippen LogP contribution is -2.37. The van der Waals surface area contributed by atoms with E-state index < -0.39 is 0 Å². The van der Waals surface area contributed by atoms with Crippen molar-refractivity contribution in [1.29, 1.82) is 0 Å². The van der Waals surface area contributed by atoms with Crippen LogP contribution in [0, 0.1) is 5.82 Å². The summed E-state index contributed by atoms with van der Waals surface area (Å²) in [5.74, 6) is 5.38. The molecule has 0 fully saturated rings. The Kier molecular flexibility index (Phi) is 5.01. The van der Waals surface area contributed by atoms with E-state index >= 15 is 0 Å². The normalized spacial score (nSPS) is 12.3. The molecule has 0 spiro atoms. The molecule has 0 aliphatic heterocycles. The molecular formula is C15H18FN3. The highest BCUT2D eigenvalue weighted by atomic mass is 19.1. The Morgan fingerprint density at radius 1 is 1.16 bits per heavy atom. The van der Waals surface area contributed by atoms with Crippen LogP contribution >= 0.6 is 0 Å². The van der Waals surface area contributed by atoms with Gasteiger partial charge < -0.3 is 0 Å². The molecule has 100 valence electrons. The molecule has 0 bridgehead atoms. The van der Waals surface area contributed by atoms with Gasteiger partial charge in [0.15, 0.2) is 0 Å². The Morgan fingerprint density at radius 3 is 2.58 bits per heavy atom. The number of hydrogen-bond acceptors (Lipinski definition) is 3. The molecule has 19 heavy (non-hydrogen) atoms. The first-order chi connectivity index (χ1) is 9.29. The SMILES string of the molecule is NNC(CCc1ccncc1)Cc1ccccc1F. The van der Waals surface area contributed by atoms with Gasteiger partial charge in [0.1, 0.15) is 5.82 Å². The predicted molar refractivity (Wildman–Crippen MR) is 73.8 cm³/mol. The van der Waals surface area contributed by atoms with Crippen molar-refractivity contribution in [2.75, 3.05) is 0 Å². The molecule has 1 heterocycles. The summed E-state index contributed by atoms with van der Waals surface area (Å²) >= 11 is 0. The van der Waals surface area contributed by atoms with Gasteiger partial charge in [0, 0.05) is 18.4 Å². The minimum Gasteiger partial charge on any atom is -0.271 e. The van der Waals surface area contributed by atoms with Crippen LogP contribution in [0.4, 0.5) is 4.39 Å². The molecule has 0 saturated carbocycles. The maximum absolute atomic E-state index is 13.6. The molecule has 2 aromatic rings. The molecule has 1 aromatic heterocycles. The van der Waals surface area contributed by atoms with Gasteiger partial charge in [0.25, 0.3) is 0 Å². The number of hydrazine groups is 1. The number of nitrogens with two attached hydrogens (primary N) is 1. The minimum absolute atomic E-state index is 0.0602. The summed E-state index contributed by atoms with van der Waals surface area (Å²) in [6.07, 6.45) is 5.89. The number of aryl methyl sites for hydroxylation is 1. The Hall–Kier alpha value is -1.78. The van der Waals surface area contributed by atoms with Crippen molar-refractivity contribution in [3.05, 3.63) is 65.7 Å². The average Bonchev–Trinajstić information content (AvgIpc) is 2.46. The van der Waals surface area contributed by atoms with Gasteiger partial charge in [-0.2, -0.15) is 0 Å². The van der Waals surface area contributed by atoms with Crippen LogP contribution in [0.5, 0.6) is 0 Å². The fourth-order valence-corrected chi connectivity index (χ4v) is 2.06. The summed E-state index contributed by atoms with van der Waals surface area (Å²) in [7, 11) is 0. The number of pyridine rings is 1. The third kappa shape index (κ3) is 4.12. The molecule has 0 radical (unpaired) electrons. The van der Waals surface area contributed by atoms with Crippen molar-refractivity contribution in [1.82, 2.24) is 10.4 Å². The maximum Gasteiger partial charge on any atom is 0.126 e. The lowest BCUT2D eigenvalue weighted by Gasteiger charge is -2.16. The van der Waals surface area contributed by atoms with E-state index in [1.165, 1.54) is 11.6 Å². The van der Waals surface area contributed by atoms with Gasteiger partial charge >= 0.3 is 0 Å². The quantitative estimate of drug-likeness (QED) is 0.618. The second-order valence-electron chi connectivity index (χ2n) is 4.55. The van der Waals surface area contributed by atoms with Crippen LogP contribution in [0.15, 0.2) is 48.8 Å². The van der Waals surface area contributed by atoms with Gasteiger partial charge in [-0.25, -0.2) is 4.39 Å². The van der Waals surface area contributed by atoms with E-state index in [0.717, 1.165) is 12.8 Å². The van der Waals surface area contributed by atoms with E-state index in [4.69, 9.17) is 5.84 Å². The fourth-order valence-electron chi connectivity index (χ4n) is 2.06. The van der Waals surface area contributed by atoms with E-state index in [2.05, 4.69) is 10.4 Å². The van der Waals surface area contributed by atoms with Crippen LogP contribution in [0.2, 0.25) is 0 Å². The number of benzene rings is 1. The van der Waals surface area contributed by atoms with Crippen molar-refractivity contribution in [2.45, 2.75) is 25.3 Å². The minimum atomic E-state index is -0.174. The Labute approximate surface area is 112 Å². The van der Waals surface area contributed by atoms with Crippen molar-refractivity contribution < 1.29 is 4.39 Å². The molecule has 1 atom stereocenters. The van der Waals surface area contributed by atoms with E-state index in [-0.39, 0.29) is 11.9 Å². The largest absolute Gasteiger partial charge is 0.271 e. The molecule has 0 aliphatic carbocycles. The zero-order valence-corrected chi connectivity index (χ0v) is 10.7. The van der Waals surface area contributed by atoms with Crippen molar-refractivity contribution >= 4 is 0 Å². The van der Waals surface area contributed by atoms with Crippen LogP contribution in [0.1, 0.15) is 17.5 Å². The lowest BCUT2D eigenvalue weighted by atomic mass is 10.00. The molecule has 3 nitrogen and oxygen atoms in total. The van der Waals surface area contributed by atoms with Gasteiger partial charge in [-0.05, 0) is 48.6 Å². The number of hydrogen-bond donors (Lipinski definition) is 2. The van der Waals surface area contributed by atoms with Crippen molar-refractivity contribution in [3.8, 4) is 0 Å². The van der Waals surface area contributed by atoms with Gasteiger partial charge in [-0.15, -0.1) is 0 Å². The summed E-state index contributed by atoms with van der Waals surface area (Å²) in [5, 5.41) is 0. The first-order valence-electron chi connectivity index (χ1n) is 6.38. The van der Waals surface area contributed by atoms with Crippen LogP contribution in [0.3, 0.4) is 0 Å². The standard InChI is InChI=1S/C15H18FN3/c16-15-4-2-1-3-13(15)11-14(19-17)6-5-12-7-9-18-10-8-12/h1-4,7-10,14,19H,5-6,11,17H2. The van der Waals surface area contributed by atoms with Crippen LogP contribution < -0.4 is 11.3 Å². The first-order valence-corrected chi connectivity index (χ1v) is 6.38. The van der Waals surface area contributed by atoms with Crippen LogP contribution in [0.25, 0.3) is 0 Å². The van der Waals surface area contributed by atoms with Crippen LogP contribution in [-0.4, -0.2) is 11.0 Å². The molecule has 1 aromatic carbocycles. The van der Waals surface area contributed by atoms with E-state index in [9.17, 15) is 4.39 Å². The number of aromatic nitrogens is 1. The highest BCUT2D eigenvalue weighted by Gasteiger charge is 2.10. The van der Waals surface area contributed by atoms with Crippen molar-refractivity contribution in [3.63, 3.8) is 0 Å². The summed E-state index contributed by atoms with van der Waals surface area (Å²) in [5.41, 5.74) is 4.67. The predicted octanol–water partition coefficient (Wildman–Crippen LogP) is 2.23. The number of nitrogens with zero attached hydrogens (tertiary/aromatic N) is 1. The first kappa shape index (κ1) is 13.6.